The fraction of sp³-hybridized carbons (Fsp3) is 0.444. The molecule has 6 nitrogen and oxygen atoms in total. The van der Waals surface area contributed by atoms with Gasteiger partial charge < -0.3 is 5.11 Å². The van der Waals surface area contributed by atoms with Gasteiger partial charge in [0, 0.05) is 39.3 Å². The first-order valence-corrected chi connectivity index (χ1v) is 8.32. The summed E-state index contributed by atoms with van der Waals surface area (Å²) in [5.41, 5.74) is 3.39. The van der Waals surface area contributed by atoms with Gasteiger partial charge in [-0.15, -0.1) is 0 Å². The lowest BCUT2D eigenvalue weighted by molar-refractivity contribution is 0.107. The second-order valence-corrected chi connectivity index (χ2v) is 6.11. The molecule has 1 fully saturated rings. The molecule has 24 heavy (non-hydrogen) atoms. The molecule has 2 heterocycles. The number of nitrogens with zero attached hydrogens (tertiary/aromatic N) is 5. The summed E-state index contributed by atoms with van der Waals surface area (Å²) < 4.78 is 1.90. The summed E-state index contributed by atoms with van der Waals surface area (Å²) in [5.74, 6) is 0. The molecule has 0 amide bonds. The third-order valence-electron chi connectivity index (χ3n) is 4.52. The number of aliphatic hydroxyl groups excluding tert-OH is 1. The Kier molecular flexibility index (Phi) is 5.26. The maximum absolute atomic E-state index is 9.54. The fourth-order valence-electron chi connectivity index (χ4n) is 3.17. The van der Waals surface area contributed by atoms with Crippen LogP contribution in [0, 0.1) is 18.3 Å². The number of aryl methyl sites for hydroxylation is 1. The van der Waals surface area contributed by atoms with E-state index in [0.29, 0.717) is 12.1 Å². The summed E-state index contributed by atoms with van der Waals surface area (Å²) in [6.07, 6.45) is 0. The minimum atomic E-state index is 0.207. The number of benzene rings is 1. The molecule has 0 spiro atoms. The van der Waals surface area contributed by atoms with Gasteiger partial charge in [-0.25, -0.2) is 4.68 Å². The van der Waals surface area contributed by atoms with Gasteiger partial charge >= 0.3 is 0 Å². The Labute approximate surface area is 142 Å². The third-order valence-corrected chi connectivity index (χ3v) is 4.52. The predicted molar refractivity (Wildman–Crippen MR) is 91.8 cm³/mol. The Balaban J connectivity index is 1.82. The van der Waals surface area contributed by atoms with Crippen molar-refractivity contribution < 1.29 is 5.11 Å². The van der Waals surface area contributed by atoms with Crippen molar-refractivity contribution >= 4 is 0 Å². The molecule has 1 saturated heterocycles. The zero-order valence-corrected chi connectivity index (χ0v) is 14.0. The number of piperazine rings is 1. The number of β-amino-alcohol motifs (C(OH)–C–C–N with tert-alkyl or cyclic N) is 1. The quantitative estimate of drug-likeness (QED) is 0.893. The average Bonchev–Trinajstić information content (AvgIpc) is 2.93. The van der Waals surface area contributed by atoms with E-state index in [9.17, 15) is 5.26 Å². The summed E-state index contributed by atoms with van der Waals surface area (Å²) in [7, 11) is 0. The minimum absolute atomic E-state index is 0.207. The van der Waals surface area contributed by atoms with Crippen molar-refractivity contribution in [3.8, 4) is 11.8 Å². The maximum atomic E-state index is 9.54. The second-order valence-electron chi connectivity index (χ2n) is 6.11. The highest BCUT2D eigenvalue weighted by Crippen LogP contribution is 2.20. The summed E-state index contributed by atoms with van der Waals surface area (Å²) in [4.78, 5) is 4.62. The molecule has 1 aromatic carbocycles. The van der Waals surface area contributed by atoms with Crippen LogP contribution in [0.4, 0.5) is 0 Å². The fourth-order valence-corrected chi connectivity index (χ4v) is 3.17. The van der Waals surface area contributed by atoms with E-state index in [0.717, 1.165) is 49.8 Å². The van der Waals surface area contributed by atoms with Crippen LogP contribution >= 0.6 is 0 Å². The Hall–Kier alpha value is -2.20. The molecule has 1 aromatic heterocycles. The maximum Gasteiger partial charge on any atom is 0.103 e. The van der Waals surface area contributed by atoms with E-state index in [1.807, 2.05) is 41.9 Å². The molecule has 0 atom stereocenters. The lowest BCUT2D eigenvalue weighted by Crippen LogP contribution is -2.46. The van der Waals surface area contributed by atoms with Gasteiger partial charge in [0.25, 0.3) is 0 Å². The Bertz CT molecular complexity index is 711. The van der Waals surface area contributed by atoms with Gasteiger partial charge in [-0.1, -0.05) is 18.2 Å². The molecule has 0 radical (unpaired) electrons. The van der Waals surface area contributed by atoms with Crippen molar-refractivity contribution in [1.29, 1.82) is 5.26 Å². The number of rotatable bonds is 5. The predicted octanol–water partition coefficient (Wildman–Crippen LogP) is 1.16. The zero-order chi connectivity index (χ0) is 16.9. The van der Waals surface area contributed by atoms with Crippen LogP contribution in [0.2, 0.25) is 0 Å². The van der Waals surface area contributed by atoms with Crippen LogP contribution in [-0.2, 0) is 6.54 Å². The summed E-state index contributed by atoms with van der Waals surface area (Å²) in [5, 5.41) is 23.2. The zero-order valence-electron chi connectivity index (χ0n) is 14.0. The standard InChI is InChI=1S/C18H23N5O/c1-15-17(13-19)18(23(20-15)16-5-3-2-4-6-16)14-22-9-7-21(8-10-22)11-12-24/h2-6,24H,7-12,14H2,1H3. The first-order valence-electron chi connectivity index (χ1n) is 8.32. The van der Waals surface area contributed by atoms with Crippen LogP contribution in [0.25, 0.3) is 5.69 Å². The molecule has 126 valence electrons. The first-order chi connectivity index (χ1) is 11.7. The Morgan fingerprint density at radius 2 is 1.79 bits per heavy atom. The van der Waals surface area contributed by atoms with Crippen LogP contribution < -0.4 is 0 Å². The number of aromatic nitrogens is 2. The van der Waals surface area contributed by atoms with Crippen molar-refractivity contribution in [3.05, 3.63) is 47.3 Å². The smallest absolute Gasteiger partial charge is 0.103 e. The van der Waals surface area contributed by atoms with Gasteiger partial charge in [-0.05, 0) is 19.1 Å². The molecule has 1 aliphatic rings. The first kappa shape index (κ1) is 16.7. The lowest BCUT2D eigenvalue weighted by atomic mass is 10.2. The normalized spacial score (nSPS) is 16.2. The average molecular weight is 325 g/mol. The van der Waals surface area contributed by atoms with Crippen LogP contribution in [0.1, 0.15) is 17.0 Å². The third kappa shape index (κ3) is 3.49. The number of hydrogen-bond acceptors (Lipinski definition) is 5. The highest BCUT2D eigenvalue weighted by Gasteiger charge is 2.22. The van der Waals surface area contributed by atoms with Crippen LogP contribution in [0.15, 0.2) is 30.3 Å². The van der Waals surface area contributed by atoms with Gasteiger partial charge in [-0.3, -0.25) is 9.80 Å². The molecule has 6 heteroatoms. The molecule has 1 aliphatic heterocycles. The van der Waals surface area contributed by atoms with Gasteiger partial charge in [-0.2, -0.15) is 10.4 Å². The van der Waals surface area contributed by atoms with Gasteiger partial charge in [0.1, 0.15) is 6.07 Å². The van der Waals surface area contributed by atoms with Crippen molar-refractivity contribution in [2.24, 2.45) is 0 Å². The number of nitriles is 1. The molecule has 0 saturated carbocycles. The van der Waals surface area contributed by atoms with E-state index in [-0.39, 0.29) is 6.61 Å². The summed E-state index contributed by atoms with van der Waals surface area (Å²) in [6, 6.07) is 12.3. The van der Waals surface area contributed by atoms with E-state index < -0.39 is 0 Å². The molecular formula is C18H23N5O. The van der Waals surface area contributed by atoms with Crippen molar-refractivity contribution in [1.82, 2.24) is 19.6 Å². The van der Waals surface area contributed by atoms with Gasteiger partial charge in [0.2, 0.25) is 0 Å². The molecule has 0 bridgehead atoms. The van der Waals surface area contributed by atoms with E-state index >= 15 is 0 Å². The van der Waals surface area contributed by atoms with E-state index in [4.69, 9.17) is 5.11 Å². The van der Waals surface area contributed by atoms with E-state index in [1.54, 1.807) is 0 Å². The van der Waals surface area contributed by atoms with E-state index in [2.05, 4.69) is 21.0 Å². The Morgan fingerprint density at radius 1 is 1.12 bits per heavy atom. The largest absolute Gasteiger partial charge is 0.395 e. The lowest BCUT2D eigenvalue weighted by Gasteiger charge is -2.34. The van der Waals surface area contributed by atoms with Gasteiger partial charge in [0.15, 0.2) is 0 Å². The number of hydrogen-bond donors (Lipinski definition) is 1. The topological polar surface area (TPSA) is 68.3 Å². The molecule has 2 aromatic rings. The number of aliphatic hydroxyl groups is 1. The van der Waals surface area contributed by atoms with Crippen molar-refractivity contribution in [2.45, 2.75) is 13.5 Å². The van der Waals surface area contributed by atoms with Gasteiger partial charge in [0.05, 0.1) is 29.2 Å². The summed E-state index contributed by atoms with van der Waals surface area (Å²) in [6.45, 7) is 7.30. The van der Waals surface area contributed by atoms with E-state index in [1.165, 1.54) is 0 Å². The SMILES string of the molecule is Cc1nn(-c2ccccc2)c(CN2CCN(CCO)CC2)c1C#N. The summed E-state index contributed by atoms with van der Waals surface area (Å²) >= 11 is 0. The second kappa shape index (κ2) is 7.58. The molecule has 3 rings (SSSR count). The van der Waals surface area contributed by atoms with Crippen molar-refractivity contribution in [2.75, 3.05) is 39.3 Å². The number of para-hydroxylation sites is 1. The monoisotopic (exact) mass is 325 g/mol. The highest BCUT2D eigenvalue weighted by molar-refractivity contribution is 5.43. The molecule has 0 aliphatic carbocycles. The molecular weight excluding hydrogens is 302 g/mol. The van der Waals surface area contributed by atoms with Crippen molar-refractivity contribution in [3.63, 3.8) is 0 Å². The molecule has 1 N–H and O–H groups in total. The van der Waals surface area contributed by atoms with Crippen LogP contribution in [0.5, 0.6) is 0 Å². The van der Waals surface area contributed by atoms with Crippen LogP contribution in [0.3, 0.4) is 0 Å². The Morgan fingerprint density at radius 3 is 2.42 bits per heavy atom. The molecule has 0 unspecified atom stereocenters. The highest BCUT2D eigenvalue weighted by atomic mass is 16.3. The van der Waals surface area contributed by atoms with Crippen LogP contribution in [-0.4, -0.2) is 64.0 Å². The minimum Gasteiger partial charge on any atom is -0.395 e.